The van der Waals surface area contributed by atoms with Crippen LogP contribution in [-0.4, -0.2) is 38.2 Å². The Hall–Kier alpha value is -1.92. The van der Waals surface area contributed by atoms with E-state index in [0.717, 1.165) is 12.8 Å². The first-order valence-electron chi connectivity index (χ1n) is 7.05. The van der Waals surface area contributed by atoms with Crippen LogP contribution in [0.25, 0.3) is 0 Å². The molecule has 2 rings (SSSR count). The number of carbonyl (C=O) groups excluding carboxylic acids is 1. The van der Waals surface area contributed by atoms with Crippen LogP contribution in [0.15, 0.2) is 0 Å². The largest absolute Gasteiger partial charge is 0.481 e. The molecule has 0 aliphatic heterocycles. The fourth-order valence-electron chi connectivity index (χ4n) is 2.48. The molecule has 1 aliphatic carbocycles. The van der Waals surface area contributed by atoms with Crippen LogP contribution in [0.2, 0.25) is 0 Å². The molecule has 0 atom stereocenters. The van der Waals surface area contributed by atoms with E-state index in [1.165, 1.54) is 0 Å². The third kappa shape index (κ3) is 3.55. The Morgan fingerprint density at radius 1 is 1.35 bits per heavy atom. The Morgan fingerprint density at radius 3 is 2.65 bits per heavy atom. The summed E-state index contributed by atoms with van der Waals surface area (Å²) in [7, 11) is 0. The van der Waals surface area contributed by atoms with Gasteiger partial charge in [0, 0.05) is 12.5 Å². The van der Waals surface area contributed by atoms with Crippen LogP contribution < -0.4 is 5.32 Å². The van der Waals surface area contributed by atoms with E-state index in [2.05, 4.69) is 20.5 Å². The summed E-state index contributed by atoms with van der Waals surface area (Å²) in [6.07, 6.45) is 4.30. The van der Waals surface area contributed by atoms with E-state index in [9.17, 15) is 9.59 Å². The van der Waals surface area contributed by atoms with Crippen LogP contribution in [0.5, 0.6) is 0 Å². The maximum Gasteiger partial charge on any atom is 0.306 e. The summed E-state index contributed by atoms with van der Waals surface area (Å²) in [5.41, 5.74) is 0. The molecule has 1 aromatic rings. The Labute approximate surface area is 117 Å². The molecule has 1 aliphatic rings. The first-order valence-corrected chi connectivity index (χ1v) is 7.05. The van der Waals surface area contributed by atoms with Crippen molar-refractivity contribution in [3.63, 3.8) is 0 Å². The van der Waals surface area contributed by atoms with E-state index < -0.39 is 5.97 Å². The number of aromatic nitrogens is 3. The van der Waals surface area contributed by atoms with Gasteiger partial charge in [-0.2, -0.15) is 0 Å². The number of aryl methyl sites for hydroxylation is 1. The van der Waals surface area contributed by atoms with Crippen molar-refractivity contribution in [3.8, 4) is 0 Å². The van der Waals surface area contributed by atoms with Crippen molar-refractivity contribution in [2.75, 3.05) is 0 Å². The standard InChI is InChI=1S/C13H20N4O3/c1-2-3-10-15-11(17-16-10)12(18)14-9-6-4-8(5-7-9)13(19)20/h8-9H,2-7H2,1H3,(H,14,18)(H,19,20)(H,15,16,17). The van der Waals surface area contributed by atoms with Gasteiger partial charge in [0.25, 0.3) is 5.91 Å². The number of H-pyrrole nitrogens is 1. The zero-order valence-electron chi connectivity index (χ0n) is 11.6. The second-order valence-electron chi connectivity index (χ2n) is 5.22. The monoisotopic (exact) mass is 280 g/mol. The minimum absolute atomic E-state index is 0.0197. The molecule has 1 saturated carbocycles. The van der Waals surface area contributed by atoms with Crippen molar-refractivity contribution < 1.29 is 14.7 Å². The average Bonchev–Trinajstić information content (AvgIpc) is 2.88. The lowest BCUT2D eigenvalue weighted by Gasteiger charge is -2.26. The molecule has 0 bridgehead atoms. The molecule has 0 unspecified atom stereocenters. The van der Waals surface area contributed by atoms with Gasteiger partial charge in [-0.1, -0.05) is 6.92 Å². The van der Waals surface area contributed by atoms with Crippen molar-refractivity contribution in [1.29, 1.82) is 0 Å². The molecule has 0 aromatic carbocycles. The third-order valence-electron chi connectivity index (χ3n) is 3.63. The summed E-state index contributed by atoms with van der Waals surface area (Å²) in [6, 6.07) is 0.0197. The average molecular weight is 280 g/mol. The highest BCUT2D eigenvalue weighted by molar-refractivity contribution is 5.90. The third-order valence-corrected chi connectivity index (χ3v) is 3.63. The number of carbonyl (C=O) groups is 2. The minimum Gasteiger partial charge on any atom is -0.481 e. The lowest BCUT2D eigenvalue weighted by molar-refractivity contribution is -0.142. The molecule has 0 spiro atoms. The van der Waals surface area contributed by atoms with Crippen LogP contribution in [0.3, 0.4) is 0 Å². The second kappa shape index (κ2) is 6.49. The van der Waals surface area contributed by atoms with Gasteiger partial charge in [0.1, 0.15) is 5.82 Å². The lowest BCUT2D eigenvalue weighted by atomic mass is 9.86. The molecule has 1 aromatic heterocycles. The molecule has 1 amide bonds. The molecule has 7 nitrogen and oxygen atoms in total. The van der Waals surface area contributed by atoms with Crippen molar-refractivity contribution in [3.05, 3.63) is 11.6 Å². The van der Waals surface area contributed by atoms with Crippen LogP contribution in [-0.2, 0) is 11.2 Å². The van der Waals surface area contributed by atoms with Gasteiger partial charge in [0.15, 0.2) is 0 Å². The zero-order valence-corrected chi connectivity index (χ0v) is 11.6. The molecule has 110 valence electrons. The molecule has 0 radical (unpaired) electrons. The van der Waals surface area contributed by atoms with E-state index in [4.69, 9.17) is 5.11 Å². The Morgan fingerprint density at radius 2 is 2.05 bits per heavy atom. The van der Waals surface area contributed by atoms with Gasteiger partial charge < -0.3 is 10.4 Å². The predicted octanol–water partition coefficient (Wildman–Crippen LogP) is 1.13. The highest BCUT2D eigenvalue weighted by Crippen LogP contribution is 2.24. The normalized spacial score (nSPS) is 22.4. The van der Waals surface area contributed by atoms with Gasteiger partial charge in [0.05, 0.1) is 5.92 Å². The van der Waals surface area contributed by atoms with E-state index in [-0.39, 0.29) is 23.7 Å². The first kappa shape index (κ1) is 14.5. The smallest absolute Gasteiger partial charge is 0.306 e. The molecule has 0 saturated heterocycles. The number of aliphatic carboxylic acids is 1. The minimum atomic E-state index is -0.743. The maximum atomic E-state index is 12.0. The number of nitrogens with zero attached hydrogens (tertiary/aromatic N) is 2. The van der Waals surface area contributed by atoms with Crippen molar-refractivity contribution in [2.24, 2.45) is 5.92 Å². The number of aromatic amines is 1. The summed E-state index contributed by atoms with van der Waals surface area (Å²) < 4.78 is 0. The summed E-state index contributed by atoms with van der Waals surface area (Å²) in [5.74, 6) is -0.431. The Kier molecular flexibility index (Phi) is 4.70. The molecular weight excluding hydrogens is 260 g/mol. The van der Waals surface area contributed by atoms with E-state index in [1.54, 1.807) is 0 Å². The fourth-order valence-corrected chi connectivity index (χ4v) is 2.48. The number of hydrogen-bond acceptors (Lipinski definition) is 4. The number of rotatable bonds is 5. The Bertz CT molecular complexity index is 478. The van der Waals surface area contributed by atoms with Crippen molar-refractivity contribution in [1.82, 2.24) is 20.5 Å². The first-order chi connectivity index (χ1) is 9.60. The summed E-state index contributed by atoms with van der Waals surface area (Å²) in [4.78, 5) is 27.0. The van der Waals surface area contributed by atoms with E-state index in [1.807, 2.05) is 6.92 Å². The van der Waals surface area contributed by atoms with Gasteiger partial charge in [-0.3, -0.25) is 14.7 Å². The number of carboxylic acids is 1. The number of amides is 1. The van der Waals surface area contributed by atoms with E-state index >= 15 is 0 Å². The molecule has 1 fully saturated rings. The van der Waals surface area contributed by atoms with Crippen LogP contribution in [0.4, 0.5) is 0 Å². The number of nitrogens with one attached hydrogen (secondary N) is 2. The van der Waals surface area contributed by atoms with Gasteiger partial charge in [0.2, 0.25) is 5.82 Å². The summed E-state index contributed by atoms with van der Waals surface area (Å²) >= 11 is 0. The summed E-state index contributed by atoms with van der Waals surface area (Å²) in [6.45, 7) is 2.03. The van der Waals surface area contributed by atoms with Crippen molar-refractivity contribution >= 4 is 11.9 Å². The number of hydrogen-bond donors (Lipinski definition) is 3. The highest BCUT2D eigenvalue weighted by Gasteiger charge is 2.27. The molecule has 3 N–H and O–H groups in total. The Balaban J connectivity index is 1.84. The van der Waals surface area contributed by atoms with Crippen LogP contribution in [0.1, 0.15) is 55.5 Å². The SMILES string of the molecule is CCCc1nc(C(=O)NC2CCC(C(=O)O)CC2)n[nH]1. The molecule has 20 heavy (non-hydrogen) atoms. The molecule has 1 heterocycles. The molecular formula is C13H20N4O3. The second-order valence-corrected chi connectivity index (χ2v) is 5.22. The van der Waals surface area contributed by atoms with Crippen LogP contribution in [0, 0.1) is 5.92 Å². The predicted molar refractivity (Wildman–Crippen MR) is 71.2 cm³/mol. The van der Waals surface area contributed by atoms with E-state index in [0.29, 0.717) is 31.5 Å². The van der Waals surface area contributed by atoms with Gasteiger partial charge in [-0.25, -0.2) is 4.98 Å². The van der Waals surface area contributed by atoms with Crippen molar-refractivity contribution in [2.45, 2.75) is 51.5 Å². The lowest BCUT2D eigenvalue weighted by Crippen LogP contribution is -2.39. The number of carboxylic acid groups (broad SMARTS) is 1. The summed E-state index contributed by atoms with van der Waals surface area (Å²) in [5, 5.41) is 18.4. The topological polar surface area (TPSA) is 108 Å². The van der Waals surface area contributed by atoms with Gasteiger partial charge in [-0.05, 0) is 32.1 Å². The fraction of sp³-hybridized carbons (Fsp3) is 0.692. The quantitative estimate of drug-likeness (QED) is 0.749. The zero-order chi connectivity index (χ0) is 14.5. The maximum absolute atomic E-state index is 12.0. The highest BCUT2D eigenvalue weighted by atomic mass is 16.4. The van der Waals surface area contributed by atoms with Gasteiger partial charge in [-0.15, -0.1) is 5.10 Å². The molecule has 7 heteroatoms. The van der Waals surface area contributed by atoms with Crippen LogP contribution >= 0.6 is 0 Å². The van der Waals surface area contributed by atoms with Gasteiger partial charge >= 0.3 is 5.97 Å².